The molecule has 0 radical (unpaired) electrons. The number of hydrogen-bond donors (Lipinski definition) is 1. The van der Waals surface area contributed by atoms with E-state index in [9.17, 15) is 14.0 Å². The molecular formula is C18H16FN3O3. The van der Waals surface area contributed by atoms with E-state index >= 15 is 0 Å². The van der Waals surface area contributed by atoms with Crippen LogP contribution in [-0.2, 0) is 11.3 Å². The van der Waals surface area contributed by atoms with Gasteiger partial charge in [-0.05, 0) is 42.8 Å². The van der Waals surface area contributed by atoms with Crippen molar-refractivity contribution in [2.45, 2.75) is 13.5 Å². The molecule has 1 amide bonds. The van der Waals surface area contributed by atoms with Gasteiger partial charge in [0.15, 0.2) is 0 Å². The largest absolute Gasteiger partial charge is 0.495 e. The van der Waals surface area contributed by atoms with Crippen LogP contribution in [0.4, 0.5) is 10.1 Å². The summed E-state index contributed by atoms with van der Waals surface area (Å²) in [6.45, 7) is 1.65. The van der Waals surface area contributed by atoms with E-state index in [4.69, 9.17) is 4.74 Å². The van der Waals surface area contributed by atoms with Crippen LogP contribution in [0.3, 0.4) is 0 Å². The van der Waals surface area contributed by atoms with Crippen molar-refractivity contribution in [3.05, 3.63) is 64.5 Å². The van der Waals surface area contributed by atoms with Crippen LogP contribution < -0.4 is 15.6 Å². The molecule has 0 bridgehead atoms. The lowest BCUT2D eigenvalue weighted by Gasteiger charge is -2.12. The highest BCUT2D eigenvalue weighted by Crippen LogP contribution is 2.25. The van der Waals surface area contributed by atoms with Crippen molar-refractivity contribution in [1.29, 1.82) is 0 Å². The molecule has 6 nitrogen and oxygen atoms in total. The molecule has 1 N–H and O–H groups in total. The van der Waals surface area contributed by atoms with Gasteiger partial charge in [0, 0.05) is 0 Å². The second kappa shape index (κ2) is 6.72. The number of carbonyl (C=O) groups is 1. The van der Waals surface area contributed by atoms with Crippen LogP contribution in [0.25, 0.3) is 10.9 Å². The Morgan fingerprint density at radius 3 is 2.84 bits per heavy atom. The highest BCUT2D eigenvalue weighted by molar-refractivity contribution is 5.92. The first-order chi connectivity index (χ1) is 12.0. The molecule has 0 fully saturated rings. The van der Waals surface area contributed by atoms with Crippen LogP contribution in [0.2, 0.25) is 0 Å². The third-order valence-electron chi connectivity index (χ3n) is 3.73. The Labute approximate surface area is 142 Å². The van der Waals surface area contributed by atoms with Gasteiger partial charge >= 0.3 is 0 Å². The van der Waals surface area contributed by atoms with Crippen molar-refractivity contribution in [2.24, 2.45) is 0 Å². The lowest BCUT2D eigenvalue weighted by atomic mass is 10.2. The minimum Gasteiger partial charge on any atom is -0.495 e. The monoisotopic (exact) mass is 341 g/mol. The maximum Gasteiger partial charge on any atom is 0.261 e. The summed E-state index contributed by atoms with van der Waals surface area (Å²) in [5.74, 6) is -0.424. The minimum absolute atomic E-state index is 0.128. The Bertz CT molecular complexity index is 1010. The third kappa shape index (κ3) is 3.50. The number of nitrogens with one attached hydrogen (secondary N) is 1. The maximum atomic E-state index is 13.4. The molecule has 0 spiro atoms. The number of ether oxygens (including phenoxy) is 1. The Morgan fingerprint density at radius 1 is 1.28 bits per heavy atom. The van der Waals surface area contributed by atoms with E-state index in [-0.39, 0.29) is 11.9 Å². The van der Waals surface area contributed by atoms with E-state index in [2.05, 4.69) is 10.3 Å². The van der Waals surface area contributed by atoms with E-state index < -0.39 is 17.3 Å². The molecule has 2 aromatic carbocycles. The lowest BCUT2D eigenvalue weighted by molar-refractivity contribution is -0.116. The summed E-state index contributed by atoms with van der Waals surface area (Å²) in [7, 11) is 1.51. The van der Waals surface area contributed by atoms with Gasteiger partial charge in [-0.2, -0.15) is 0 Å². The fourth-order valence-corrected chi connectivity index (χ4v) is 2.51. The van der Waals surface area contributed by atoms with Crippen molar-refractivity contribution < 1.29 is 13.9 Å². The Kier molecular flexibility index (Phi) is 4.47. The van der Waals surface area contributed by atoms with Crippen LogP contribution in [0, 0.1) is 12.7 Å². The number of nitrogens with zero attached hydrogens (tertiary/aromatic N) is 2. The van der Waals surface area contributed by atoms with E-state index in [1.54, 1.807) is 12.1 Å². The number of aromatic nitrogens is 2. The molecule has 0 atom stereocenters. The smallest absolute Gasteiger partial charge is 0.261 e. The molecule has 3 aromatic rings. The van der Waals surface area contributed by atoms with Gasteiger partial charge in [0.05, 0.1) is 30.0 Å². The van der Waals surface area contributed by atoms with Crippen molar-refractivity contribution in [1.82, 2.24) is 9.55 Å². The van der Waals surface area contributed by atoms with Crippen molar-refractivity contribution in [3.8, 4) is 5.75 Å². The summed E-state index contributed by atoms with van der Waals surface area (Å²) in [6.07, 6.45) is 1.27. The van der Waals surface area contributed by atoms with Crippen LogP contribution >= 0.6 is 0 Å². The number of benzene rings is 2. The number of methoxy groups -OCH3 is 1. The van der Waals surface area contributed by atoms with Gasteiger partial charge in [0.25, 0.3) is 5.56 Å². The average Bonchev–Trinajstić information content (AvgIpc) is 2.58. The zero-order chi connectivity index (χ0) is 18.0. The van der Waals surface area contributed by atoms with Gasteiger partial charge in [0.1, 0.15) is 18.1 Å². The van der Waals surface area contributed by atoms with Crippen LogP contribution in [-0.4, -0.2) is 22.6 Å². The Morgan fingerprint density at radius 2 is 2.08 bits per heavy atom. The highest BCUT2D eigenvalue weighted by Gasteiger charge is 2.11. The topological polar surface area (TPSA) is 73.2 Å². The molecule has 1 aromatic heterocycles. The van der Waals surface area contributed by atoms with Gasteiger partial charge in [-0.15, -0.1) is 0 Å². The molecule has 0 saturated heterocycles. The number of hydrogen-bond acceptors (Lipinski definition) is 4. The summed E-state index contributed by atoms with van der Waals surface area (Å²) >= 11 is 0. The molecular weight excluding hydrogens is 325 g/mol. The van der Waals surface area contributed by atoms with Crippen LogP contribution in [0.5, 0.6) is 5.75 Å². The van der Waals surface area contributed by atoms with E-state index in [1.807, 2.05) is 13.0 Å². The van der Waals surface area contributed by atoms with Crippen LogP contribution in [0.15, 0.2) is 47.5 Å². The number of halogens is 1. The van der Waals surface area contributed by atoms with Crippen LogP contribution in [0.1, 0.15) is 5.56 Å². The molecule has 0 aliphatic carbocycles. The summed E-state index contributed by atoms with van der Waals surface area (Å²) in [5, 5.41) is 2.84. The predicted octanol–water partition coefficient (Wildman–Crippen LogP) is 2.49. The van der Waals surface area contributed by atoms with Crippen molar-refractivity contribution in [2.75, 3.05) is 12.4 Å². The second-order valence-electron chi connectivity index (χ2n) is 5.59. The first-order valence-corrected chi connectivity index (χ1v) is 7.57. The zero-order valence-corrected chi connectivity index (χ0v) is 13.7. The summed E-state index contributed by atoms with van der Waals surface area (Å²) in [5.41, 5.74) is 1.37. The van der Waals surface area contributed by atoms with Gasteiger partial charge in [0.2, 0.25) is 5.91 Å². The zero-order valence-electron chi connectivity index (χ0n) is 13.7. The molecule has 0 saturated carbocycles. The number of aryl methyl sites for hydroxylation is 1. The molecule has 3 rings (SSSR count). The van der Waals surface area contributed by atoms with Gasteiger partial charge in [-0.25, -0.2) is 9.37 Å². The molecule has 1 heterocycles. The Balaban J connectivity index is 1.86. The fraction of sp³-hybridized carbons (Fsp3) is 0.167. The highest BCUT2D eigenvalue weighted by atomic mass is 19.1. The Hall–Kier alpha value is -3.22. The number of rotatable bonds is 4. The molecule has 7 heteroatoms. The average molecular weight is 341 g/mol. The molecule has 128 valence electrons. The summed E-state index contributed by atoms with van der Waals surface area (Å²) in [6, 6.07) is 9.15. The van der Waals surface area contributed by atoms with Gasteiger partial charge < -0.3 is 10.1 Å². The molecule has 25 heavy (non-hydrogen) atoms. The quantitative estimate of drug-likeness (QED) is 0.791. The predicted molar refractivity (Wildman–Crippen MR) is 92.3 cm³/mol. The van der Waals surface area contributed by atoms with Gasteiger partial charge in [-0.3, -0.25) is 14.2 Å². The first kappa shape index (κ1) is 16.6. The molecule has 0 aliphatic heterocycles. The minimum atomic E-state index is -0.530. The van der Waals surface area contributed by atoms with Crippen molar-refractivity contribution >= 4 is 22.5 Å². The number of amides is 1. The second-order valence-corrected chi connectivity index (χ2v) is 5.59. The normalized spacial score (nSPS) is 10.7. The first-order valence-electron chi connectivity index (χ1n) is 7.57. The van der Waals surface area contributed by atoms with E-state index in [1.165, 1.54) is 25.6 Å². The number of anilines is 1. The SMILES string of the molecule is COc1ccc(C)cc1NC(=O)Cn1cnc2ccc(F)cc2c1=O. The van der Waals surface area contributed by atoms with E-state index in [0.717, 1.165) is 16.2 Å². The summed E-state index contributed by atoms with van der Waals surface area (Å²) in [4.78, 5) is 28.8. The third-order valence-corrected chi connectivity index (χ3v) is 3.73. The molecule has 0 unspecified atom stereocenters. The molecule has 0 aliphatic rings. The number of fused-ring (bicyclic) bond motifs is 1. The fourth-order valence-electron chi connectivity index (χ4n) is 2.51. The van der Waals surface area contributed by atoms with Crippen molar-refractivity contribution in [3.63, 3.8) is 0 Å². The number of carbonyl (C=O) groups excluding carboxylic acids is 1. The van der Waals surface area contributed by atoms with E-state index in [0.29, 0.717) is 17.0 Å². The summed E-state index contributed by atoms with van der Waals surface area (Å²) < 4.78 is 19.7. The van der Waals surface area contributed by atoms with Gasteiger partial charge in [-0.1, -0.05) is 6.07 Å². The maximum absolute atomic E-state index is 13.4. The standard InChI is InChI=1S/C18H16FN3O3/c1-11-3-6-16(25-2)15(7-11)21-17(23)9-22-10-20-14-5-4-12(19)8-13(14)18(22)24/h3-8,10H,9H2,1-2H3,(H,21,23). The lowest BCUT2D eigenvalue weighted by Crippen LogP contribution is -2.28.